The number of nitrogens with two attached hydrogens (primary N) is 1. The van der Waals surface area contributed by atoms with Crippen molar-refractivity contribution in [3.05, 3.63) is 35.4 Å². The summed E-state index contributed by atoms with van der Waals surface area (Å²) in [5, 5.41) is 0. The Labute approximate surface area is 111 Å². The fourth-order valence-corrected chi connectivity index (χ4v) is 2.18. The van der Waals surface area contributed by atoms with Gasteiger partial charge in [0.2, 0.25) is 0 Å². The zero-order chi connectivity index (χ0) is 12.8. The third kappa shape index (κ3) is 4.43. The van der Waals surface area contributed by atoms with Crippen molar-refractivity contribution in [2.24, 2.45) is 11.7 Å². The summed E-state index contributed by atoms with van der Waals surface area (Å²) >= 11 is 0. The first-order valence-electron chi connectivity index (χ1n) is 7.21. The molecule has 1 aliphatic rings. The van der Waals surface area contributed by atoms with E-state index in [1.165, 1.54) is 36.8 Å². The van der Waals surface area contributed by atoms with E-state index >= 15 is 0 Å². The Kier molecular flexibility index (Phi) is 5.21. The summed E-state index contributed by atoms with van der Waals surface area (Å²) in [5.74, 6) is 0.939. The summed E-state index contributed by atoms with van der Waals surface area (Å²) in [5.41, 5.74) is 8.70. The van der Waals surface area contributed by atoms with E-state index in [9.17, 15) is 0 Å². The molecule has 1 atom stereocenters. The molecule has 1 saturated carbocycles. The minimum atomic E-state index is 0.0138. The second kappa shape index (κ2) is 6.91. The number of aryl methyl sites for hydroxylation is 1. The average molecular weight is 247 g/mol. The van der Waals surface area contributed by atoms with Crippen LogP contribution in [0.15, 0.2) is 24.3 Å². The van der Waals surface area contributed by atoms with Gasteiger partial charge in [-0.25, -0.2) is 0 Å². The van der Waals surface area contributed by atoms with Gasteiger partial charge in [-0.1, -0.05) is 50.5 Å². The molecule has 0 aromatic heterocycles. The zero-order valence-electron chi connectivity index (χ0n) is 11.4. The molecule has 0 aliphatic heterocycles. The van der Waals surface area contributed by atoms with E-state index in [1.54, 1.807) is 0 Å². The smallest absolute Gasteiger partial charge is 0.0659 e. The Morgan fingerprint density at radius 2 is 2.00 bits per heavy atom. The van der Waals surface area contributed by atoms with Crippen LogP contribution in [0.4, 0.5) is 0 Å². The molecule has 0 amide bonds. The third-order valence-corrected chi connectivity index (χ3v) is 3.61. The summed E-state index contributed by atoms with van der Waals surface area (Å²) in [6.07, 6.45) is 6.34. The molecule has 2 nitrogen and oxygen atoms in total. The average Bonchev–Trinajstić information content (AvgIpc) is 3.20. The molecular weight excluding hydrogens is 222 g/mol. The molecule has 0 spiro atoms. The Bertz CT molecular complexity index is 343. The molecule has 2 N–H and O–H groups in total. The van der Waals surface area contributed by atoms with Gasteiger partial charge < -0.3 is 10.5 Å². The van der Waals surface area contributed by atoms with Gasteiger partial charge in [-0.2, -0.15) is 0 Å². The molecule has 1 fully saturated rings. The largest absolute Gasteiger partial charge is 0.379 e. The SMILES string of the molecule is CCCc1ccc(C(N)COCCC2CC2)cc1. The summed E-state index contributed by atoms with van der Waals surface area (Å²) in [6.45, 7) is 3.71. The van der Waals surface area contributed by atoms with Crippen molar-refractivity contribution in [3.8, 4) is 0 Å². The van der Waals surface area contributed by atoms with E-state index in [0.29, 0.717) is 6.61 Å². The molecule has 1 unspecified atom stereocenters. The van der Waals surface area contributed by atoms with Gasteiger partial charge in [0.25, 0.3) is 0 Å². The minimum Gasteiger partial charge on any atom is -0.379 e. The first-order valence-corrected chi connectivity index (χ1v) is 7.21. The molecule has 18 heavy (non-hydrogen) atoms. The molecule has 0 heterocycles. The summed E-state index contributed by atoms with van der Waals surface area (Å²) < 4.78 is 5.65. The van der Waals surface area contributed by atoms with Crippen LogP contribution < -0.4 is 5.73 Å². The van der Waals surface area contributed by atoms with Crippen molar-refractivity contribution in [2.45, 2.75) is 45.1 Å². The van der Waals surface area contributed by atoms with Crippen LogP contribution in [0.3, 0.4) is 0 Å². The van der Waals surface area contributed by atoms with E-state index in [1.807, 2.05) is 0 Å². The fourth-order valence-electron chi connectivity index (χ4n) is 2.18. The standard InChI is InChI=1S/C16H25NO/c1-2-3-13-6-8-15(9-7-13)16(17)12-18-11-10-14-4-5-14/h6-9,14,16H,2-5,10-12,17H2,1H3. The number of rotatable bonds is 8. The predicted octanol–water partition coefficient (Wildman–Crippen LogP) is 3.46. The number of ether oxygens (including phenoxy) is 1. The zero-order valence-corrected chi connectivity index (χ0v) is 11.4. The molecule has 1 aromatic rings. The Morgan fingerprint density at radius 3 is 2.61 bits per heavy atom. The molecule has 100 valence electrons. The lowest BCUT2D eigenvalue weighted by molar-refractivity contribution is 0.115. The highest BCUT2D eigenvalue weighted by Gasteiger charge is 2.20. The van der Waals surface area contributed by atoms with Crippen LogP contribution in [0, 0.1) is 5.92 Å². The number of hydrogen-bond donors (Lipinski definition) is 1. The highest BCUT2D eigenvalue weighted by atomic mass is 16.5. The fraction of sp³-hybridized carbons (Fsp3) is 0.625. The van der Waals surface area contributed by atoms with E-state index < -0.39 is 0 Å². The van der Waals surface area contributed by atoms with Crippen LogP contribution in [0.5, 0.6) is 0 Å². The van der Waals surface area contributed by atoms with E-state index in [0.717, 1.165) is 18.9 Å². The predicted molar refractivity (Wildman–Crippen MR) is 75.5 cm³/mol. The van der Waals surface area contributed by atoms with Crippen LogP contribution >= 0.6 is 0 Å². The molecule has 1 aromatic carbocycles. The quantitative estimate of drug-likeness (QED) is 0.714. The van der Waals surface area contributed by atoms with Crippen molar-refractivity contribution < 1.29 is 4.74 Å². The Morgan fingerprint density at radius 1 is 1.28 bits per heavy atom. The Hall–Kier alpha value is -0.860. The maximum absolute atomic E-state index is 6.13. The third-order valence-electron chi connectivity index (χ3n) is 3.61. The number of hydrogen-bond acceptors (Lipinski definition) is 2. The van der Waals surface area contributed by atoms with Crippen LogP contribution in [0.25, 0.3) is 0 Å². The molecule has 0 bridgehead atoms. The van der Waals surface area contributed by atoms with Crippen molar-refractivity contribution >= 4 is 0 Å². The van der Waals surface area contributed by atoms with Crippen molar-refractivity contribution in [1.29, 1.82) is 0 Å². The topological polar surface area (TPSA) is 35.2 Å². The lowest BCUT2D eigenvalue weighted by Crippen LogP contribution is -2.17. The molecule has 2 rings (SSSR count). The second-order valence-electron chi connectivity index (χ2n) is 5.41. The highest BCUT2D eigenvalue weighted by Crippen LogP contribution is 2.32. The Balaban J connectivity index is 1.70. The molecule has 1 aliphatic carbocycles. The number of benzene rings is 1. The summed E-state index contributed by atoms with van der Waals surface area (Å²) in [6, 6.07) is 8.66. The van der Waals surface area contributed by atoms with Gasteiger partial charge in [0.15, 0.2) is 0 Å². The normalized spacial score (nSPS) is 16.8. The van der Waals surface area contributed by atoms with Gasteiger partial charge in [0.1, 0.15) is 0 Å². The minimum absolute atomic E-state index is 0.0138. The molecule has 0 radical (unpaired) electrons. The summed E-state index contributed by atoms with van der Waals surface area (Å²) in [7, 11) is 0. The van der Waals surface area contributed by atoms with E-state index in [-0.39, 0.29) is 6.04 Å². The van der Waals surface area contributed by atoms with Crippen LogP contribution in [0.1, 0.15) is 49.8 Å². The maximum Gasteiger partial charge on any atom is 0.0659 e. The van der Waals surface area contributed by atoms with Gasteiger partial charge >= 0.3 is 0 Å². The van der Waals surface area contributed by atoms with Crippen LogP contribution in [-0.2, 0) is 11.2 Å². The second-order valence-corrected chi connectivity index (χ2v) is 5.41. The van der Waals surface area contributed by atoms with Crippen molar-refractivity contribution in [1.82, 2.24) is 0 Å². The lowest BCUT2D eigenvalue weighted by Gasteiger charge is -2.13. The van der Waals surface area contributed by atoms with Gasteiger partial charge in [-0.3, -0.25) is 0 Å². The molecule has 0 saturated heterocycles. The van der Waals surface area contributed by atoms with E-state index in [4.69, 9.17) is 10.5 Å². The maximum atomic E-state index is 6.13. The van der Waals surface area contributed by atoms with Gasteiger partial charge in [-0.15, -0.1) is 0 Å². The lowest BCUT2D eigenvalue weighted by atomic mass is 10.0. The van der Waals surface area contributed by atoms with Crippen molar-refractivity contribution in [3.63, 3.8) is 0 Å². The van der Waals surface area contributed by atoms with Gasteiger partial charge in [-0.05, 0) is 29.9 Å². The first-order chi connectivity index (χ1) is 8.79. The van der Waals surface area contributed by atoms with Crippen molar-refractivity contribution in [2.75, 3.05) is 13.2 Å². The highest BCUT2D eigenvalue weighted by molar-refractivity contribution is 5.24. The molecular formula is C16H25NO. The van der Waals surface area contributed by atoms with Gasteiger partial charge in [0.05, 0.1) is 12.6 Å². The summed E-state index contributed by atoms with van der Waals surface area (Å²) in [4.78, 5) is 0. The van der Waals surface area contributed by atoms with Crippen LogP contribution in [-0.4, -0.2) is 13.2 Å². The first kappa shape index (κ1) is 13.6. The van der Waals surface area contributed by atoms with Crippen LogP contribution in [0.2, 0.25) is 0 Å². The van der Waals surface area contributed by atoms with Gasteiger partial charge in [0, 0.05) is 6.61 Å². The molecule has 2 heteroatoms. The van der Waals surface area contributed by atoms with E-state index in [2.05, 4.69) is 31.2 Å². The monoisotopic (exact) mass is 247 g/mol.